The Morgan fingerprint density at radius 1 is 1.35 bits per heavy atom. The summed E-state index contributed by atoms with van der Waals surface area (Å²) in [5.74, 6) is -1.25. The standard InChI is InChI=1S/C19H20INO5/c1-9(22)14-16-10-5-4-8-13(26-12-7-3-2-6-11(12)20)15(10)17(19(24)25)21(16)18(14)23/h2-3,6-7,9-10,13-14,16,22H,4-5,8H2,1H3,(H,24,25). The summed E-state index contributed by atoms with van der Waals surface area (Å²) in [5.41, 5.74) is 0.780. The van der Waals surface area contributed by atoms with Crippen molar-refractivity contribution in [1.29, 1.82) is 0 Å². The van der Waals surface area contributed by atoms with Crippen LogP contribution in [-0.4, -0.2) is 45.2 Å². The molecule has 7 heteroatoms. The molecule has 0 aromatic heterocycles. The number of fused-ring (bicyclic) bond motifs is 3. The molecule has 2 aliphatic heterocycles. The lowest BCUT2D eigenvalue weighted by Crippen LogP contribution is -2.64. The number of carbonyl (C=O) groups excluding carboxylic acids is 1. The highest BCUT2D eigenvalue weighted by Gasteiger charge is 2.62. The molecule has 3 aliphatic rings. The maximum absolute atomic E-state index is 12.5. The summed E-state index contributed by atoms with van der Waals surface area (Å²) in [4.78, 5) is 25.8. The minimum absolute atomic E-state index is 0.0569. The molecule has 1 aromatic rings. The number of carboxylic acids is 1. The number of aliphatic hydroxyl groups excluding tert-OH is 1. The third-order valence-electron chi connectivity index (χ3n) is 5.67. The molecule has 2 N–H and O–H groups in total. The van der Waals surface area contributed by atoms with Crippen molar-refractivity contribution in [1.82, 2.24) is 4.90 Å². The average Bonchev–Trinajstić information content (AvgIpc) is 2.88. The number of aliphatic carboxylic acids is 1. The number of rotatable bonds is 4. The van der Waals surface area contributed by atoms with Gasteiger partial charge in [0.25, 0.3) is 0 Å². The van der Waals surface area contributed by atoms with Crippen molar-refractivity contribution in [2.45, 2.75) is 44.4 Å². The lowest BCUT2D eigenvalue weighted by molar-refractivity contribution is -0.163. The van der Waals surface area contributed by atoms with Crippen LogP contribution in [0.5, 0.6) is 5.75 Å². The molecule has 138 valence electrons. The van der Waals surface area contributed by atoms with Gasteiger partial charge in [-0.1, -0.05) is 12.1 Å². The number of carboxylic acid groups (broad SMARTS) is 1. The molecule has 2 fully saturated rings. The molecule has 2 heterocycles. The second-order valence-electron chi connectivity index (χ2n) is 7.15. The molecule has 5 unspecified atom stereocenters. The van der Waals surface area contributed by atoms with Crippen LogP contribution >= 0.6 is 22.6 Å². The van der Waals surface area contributed by atoms with Crippen LogP contribution in [0.4, 0.5) is 0 Å². The van der Waals surface area contributed by atoms with Gasteiger partial charge >= 0.3 is 5.97 Å². The molecule has 1 saturated carbocycles. The Balaban J connectivity index is 1.72. The van der Waals surface area contributed by atoms with Gasteiger partial charge < -0.3 is 19.8 Å². The van der Waals surface area contributed by atoms with Gasteiger partial charge in [-0.15, -0.1) is 0 Å². The highest BCUT2D eigenvalue weighted by atomic mass is 127. The van der Waals surface area contributed by atoms with E-state index in [1.54, 1.807) is 6.92 Å². The molecule has 1 saturated heterocycles. The molecule has 0 spiro atoms. The zero-order valence-corrected chi connectivity index (χ0v) is 16.4. The summed E-state index contributed by atoms with van der Waals surface area (Å²) >= 11 is 2.20. The van der Waals surface area contributed by atoms with Crippen LogP contribution in [0.1, 0.15) is 26.2 Å². The van der Waals surface area contributed by atoms with E-state index in [0.717, 1.165) is 28.6 Å². The monoisotopic (exact) mass is 469 g/mol. The maximum atomic E-state index is 12.5. The van der Waals surface area contributed by atoms with Gasteiger partial charge in [-0.25, -0.2) is 4.79 Å². The van der Waals surface area contributed by atoms with E-state index in [4.69, 9.17) is 4.74 Å². The van der Waals surface area contributed by atoms with Gasteiger partial charge in [-0.2, -0.15) is 0 Å². The molecule has 26 heavy (non-hydrogen) atoms. The summed E-state index contributed by atoms with van der Waals surface area (Å²) in [6.45, 7) is 1.60. The van der Waals surface area contributed by atoms with Crippen LogP contribution in [0.25, 0.3) is 0 Å². The van der Waals surface area contributed by atoms with Gasteiger partial charge in [0.05, 0.1) is 21.6 Å². The Bertz CT molecular complexity index is 805. The van der Waals surface area contributed by atoms with Crippen molar-refractivity contribution < 1.29 is 24.5 Å². The number of β-lactam (4-membered cyclic amide) rings is 1. The van der Waals surface area contributed by atoms with Gasteiger partial charge in [-0.05, 0) is 60.9 Å². The van der Waals surface area contributed by atoms with E-state index in [1.165, 1.54) is 4.90 Å². The zero-order valence-electron chi connectivity index (χ0n) is 14.3. The SMILES string of the molecule is CC(O)C1C(=O)N2C(C(=O)O)=C3C(Oc4ccccc4I)CCCC3C12. The predicted molar refractivity (Wildman–Crippen MR) is 101 cm³/mol. The molecule has 1 aromatic carbocycles. The van der Waals surface area contributed by atoms with Crippen LogP contribution in [0.3, 0.4) is 0 Å². The van der Waals surface area contributed by atoms with Crippen molar-refractivity contribution in [3.05, 3.63) is 39.1 Å². The summed E-state index contributed by atoms with van der Waals surface area (Å²) in [7, 11) is 0. The molecule has 1 aliphatic carbocycles. The molecule has 0 bridgehead atoms. The number of amides is 1. The second-order valence-corrected chi connectivity index (χ2v) is 8.31. The quantitative estimate of drug-likeness (QED) is 0.523. The van der Waals surface area contributed by atoms with E-state index in [-0.39, 0.29) is 29.7 Å². The highest BCUT2D eigenvalue weighted by Crippen LogP contribution is 2.52. The molecular formula is C19H20INO5. The van der Waals surface area contributed by atoms with Crippen molar-refractivity contribution in [2.24, 2.45) is 11.8 Å². The lowest BCUT2D eigenvalue weighted by atomic mass is 9.71. The van der Waals surface area contributed by atoms with E-state index in [2.05, 4.69) is 22.6 Å². The number of halogens is 1. The predicted octanol–water partition coefficient (Wildman–Crippen LogP) is 2.40. The Kier molecular flexibility index (Phi) is 4.46. The van der Waals surface area contributed by atoms with Crippen LogP contribution in [-0.2, 0) is 9.59 Å². The zero-order chi connectivity index (χ0) is 18.6. The second kappa shape index (κ2) is 6.53. The number of hydrogen-bond acceptors (Lipinski definition) is 4. The molecular weight excluding hydrogens is 449 g/mol. The van der Waals surface area contributed by atoms with E-state index in [9.17, 15) is 19.8 Å². The lowest BCUT2D eigenvalue weighted by Gasteiger charge is -2.47. The smallest absolute Gasteiger partial charge is 0.352 e. The molecule has 1 amide bonds. The first-order valence-electron chi connectivity index (χ1n) is 8.81. The fourth-order valence-electron chi connectivity index (χ4n) is 4.65. The maximum Gasteiger partial charge on any atom is 0.352 e. The van der Waals surface area contributed by atoms with Crippen LogP contribution in [0, 0.1) is 15.4 Å². The van der Waals surface area contributed by atoms with Crippen LogP contribution in [0.15, 0.2) is 35.5 Å². The molecule has 4 rings (SSSR count). The van der Waals surface area contributed by atoms with Gasteiger partial charge in [0.1, 0.15) is 17.6 Å². The van der Waals surface area contributed by atoms with E-state index < -0.39 is 18.0 Å². The number of ether oxygens (including phenoxy) is 1. The fraction of sp³-hybridized carbons (Fsp3) is 0.474. The van der Waals surface area contributed by atoms with Crippen LogP contribution in [0.2, 0.25) is 0 Å². The van der Waals surface area contributed by atoms with Crippen molar-refractivity contribution in [3.63, 3.8) is 0 Å². The van der Waals surface area contributed by atoms with Gasteiger partial charge in [-0.3, -0.25) is 4.79 Å². The van der Waals surface area contributed by atoms with E-state index >= 15 is 0 Å². The third-order valence-corrected chi connectivity index (χ3v) is 6.56. The minimum atomic E-state index is -1.09. The molecule has 6 nitrogen and oxygen atoms in total. The number of para-hydroxylation sites is 1. The summed E-state index contributed by atoms with van der Waals surface area (Å²) < 4.78 is 7.17. The first-order chi connectivity index (χ1) is 12.4. The number of hydrogen-bond donors (Lipinski definition) is 2. The Labute approximate surface area is 165 Å². The van der Waals surface area contributed by atoms with E-state index in [0.29, 0.717) is 5.57 Å². The highest BCUT2D eigenvalue weighted by molar-refractivity contribution is 14.1. The topological polar surface area (TPSA) is 87.1 Å². The van der Waals surface area contributed by atoms with Gasteiger partial charge in [0, 0.05) is 11.5 Å². The van der Waals surface area contributed by atoms with Crippen molar-refractivity contribution in [3.8, 4) is 5.75 Å². The van der Waals surface area contributed by atoms with Gasteiger partial charge in [0.2, 0.25) is 5.91 Å². The van der Waals surface area contributed by atoms with E-state index in [1.807, 2.05) is 24.3 Å². The summed E-state index contributed by atoms with van der Waals surface area (Å²) in [6, 6.07) is 7.37. The first kappa shape index (κ1) is 17.8. The molecule has 0 radical (unpaired) electrons. The number of benzene rings is 1. The Hall–Kier alpha value is -1.61. The normalized spacial score (nSPS) is 31.2. The van der Waals surface area contributed by atoms with Crippen molar-refractivity contribution in [2.75, 3.05) is 0 Å². The largest absolute Gasteiger partial charge is 0.485 e. The third kappa shape index (κ3) is 2.55. The fourth-order valence-corrected chi connectivity index (χ4v) is 5.17. The number of nitrogens with zero attached hydrogens (tertiary/aromatic N) is 1. The Morgan fingerprint density at radius 3 is 2.73 bits per heavy atom. The average molecular weight is 469 g/mol. The molecule has 5 atom stereocenters. The summed E-state index contributed by atoms with van der Waals surface area (Å²) in [5, 5.41) is 19.8. The first-order valence-corrected chi connectivity index (χ1v) is 9.89. The summed E-state index contributed by atoms with van der Waals surface area (Å²) in [6.07, 6.45) is 1.30. The van der Waals surface area contributed by atoms with Crippen molar-refractivity contribution >= 4 is 34.5 Å². The minimum Gasteiger partial charge on any atom is -0.485 e. The van der Waals surface area contributed by atoms with Crippen LogP contribution < -0.4 is 4.74 Å². The Morgan fingerprint density at radius 2 is 2.08 bits per heavy atom. The number of carbonyl (C=O) groups is 2. The van der Waals surface area contributed by atoms with Gasteiger partial charge in [0.15, 0.2) is 0 Å². The number of aliphatic hydroxyl groups is 1.